The lowest BCUT2D eigenvalue weighted by Crippen LogP contribution is -2.32. The lowest BCUT2D eigenvalue weighted by atomic mass is 9.98. The number of aryl methyl sites for hydroxylation is 1. The predicted molar refractivity (Wildman–Crippen MR) is 64.7 cm³/mol. The van der Waals surface area contributed by atoms with Gasteiger partial charge in [0.05, 0.1) is 0 Å². The minimum Gasteiger partial charge on any atom is -0.336 e. The summed E-state index contributed by atoms with van der Waals surface area (Å²) < 4.78 is 0. The van der Waals surface area contributed by atoms with Crippen LogP contribution in [0.3, 0.4) is 0 Å². The fraction of sp³-hybridized carbons (Fsp3) is 0.750. The molecular formula is C12H20N4O. The van der Waals surface area contributed by atoms with Crippen molar-refractivity contribution in [3.8, 4) is 0 Å². The molecule has 5 heteroatoms. The van der Waals surface area contributed by atoms with Crippen LogP contribution in [0, 0.1) is 12.8 Å². The van der Waals surface area contributed by atoms with Crippen molar-refractivity contribution in [1.82, 2.24) is 20.1 Å². The van der Waals surface area contributed by atoms with Crippen molar-refractivity contribution in [3.63, 3.8) is 0 Å². The first-order chi connectivity index (χ1) is 8.20. The average molecular weight is 236 g/mol. The summed E-state index contributed by atoms with van der Waals surface area (Å²) in [5, 5.41) is 6.65. The monoisotopic (exact) mass is 236 g/mol. The van der Waals surface area contributed by atoms with Gasteiger partial charge in [-0.2, -0.15) is 0 Å². The van der Waals surface area contributed by atoms with Crippen molar-refractivity contribution in [2.24, 2.45) is 5.92 Å². The summed E-state index contributed by atoms with van der Waals surface area (Å²) in [4.78, 5) is 18.1. The summed E-state index contributed by atoms with van der Waals surface area (Å²) in [6, 6.07) is 0. The highest BCUT2D eigenvalue weighted by Gasteiger charge is 2.23. The van der Waals surface area contributed by atoms with Crippen molar-refractivity contribution in [2.75, 3.05) is 13.1 Å². The minimum absolute atomic E-state index is 0.0360. The zero-order valence-electron chi connectivity index (χ0n) is 10.6. The van der Waals surface area contributed by atoms with Gasteiger partial charge in [-0.15, -0.1) is 5.10 Å². The van der Waals surface area contributed by atoms with E-state index in [0.717, 1.165) is 31.8 Å². The van der Waals surface area contributed by atoms with E-state index >= 15 is 0 Å². The van der Waals surface area contributed by atoms with Gasteiger partial charge in [0.2, 0.25) is 5.82 Å². The number of likely N-dealkylation sites (tertiary alicyclic amines) is 1. The molecular weight excluding hydrogens is 216 g/mol. The normalized spacial score (nSPS) is 21.3. The molecule has 1 aromatic heterocycles. The first-order valence-electron chi connectivity index (χ1n) is 6.39. The highest BCUT2D eigenvalue weighted by atomic mass is 16.2. The van der Waals surface area contributed by atoms with Gasteiger partial charge in [0.25, 0.3) is 5.91 Å². The van der Waals surface area contributed by atoms with E-state index in [1.165, 1.54) is 12.8 Å². The molecule has 2 rings (SSSR count). The molecule has 1 aliphatic heterocycles. The van der Waals surface area contributed by atoms with E-state index in [-0.39, 0.29) is 5.91 Å². The molecule has 1 unspecified atom stereocenters. The highest BCUT2D eigenvalue weighted by Crippen LogP contribution is 2.20. The van der Waals surface area contributed by atoms with Crippen LogP contribution in [0.25, 0.3) is 0 Å². The molecule has 0 spiro atoms. The number of H-pyrrole nitrogens is 1. The molecule has 5 nitrogen and oxygen atoms in total. The fourth-order valence-electron chi connectivity index (χ4n) is 2.36. The van der Waals surface area contributed by atoms with Crippen LogP contribution in [-0.2, 0) is 0 Å². The predicted octanol–water partition coefficient (Wildman–Crippen LogP) is 1.77. The van der Waals surface area contributed by atoms with Crippen LogP contribution in [-0.4, -0.2) is 39.1 Å². The van der Waals surface area contributed by atoms with E-state index < -0.39 is 0 Å². The van der Waals surface area contributed by atoms with Gasteiger partial charge in [0, 0.05) is 13.1 Å². The third kappa shape index (κ3) is 2.84. The van der Waals surface area contributed by atoms with Crippen LogP contribution in [0.15, 0.2) is 0 Å². The second-order valence-corrected chi connectivity index (χ2v) is 4.74. The minimum atomic E-state index is -0.0360. The SMILES string of the molecule is CCC1CCCN(C(=O)c2n[nH]c(C)n2)CC1. The van der Waals surface area contributed by atoms with Crippen LogP contribution < -0.4 is 0 Å². The summed E-state index contributed by atoms with van der Waals surface area (Å²) in [6.45, 7) is 5.70. The quantitative estimate of drug-likeness (QED) is 0.851. The molecule has 1 N–H and O–H groups in total. The van der Waals surface area contributed by atoms with Crippen molar-refractivity contribution >= 4 is 5.91 Å². The maximum Gasteiger partial charge on any atom is 0.293 e. The Bertz CT molecular complexity index is 388. The van der Waals surface area contributed by atoms with E-state index in [1.807, 2.05) is 4.90 Å². The van der Waals surface area contributed by atoms with Crippen LogP contribution in [0.5, 0.6) is 0 Å². The standard InChI is InChI=1S/C12H20N4O/c1-3-10-5-4-7-16(8-6-10)12(17)11-13-9(2)14-15-11/h10H,3-8H2,1-2H3,(H,13,14,15). The van der Waals surface area contributed by atoms with Gasteiger partial charge in [-0.05, 0) is 32.1 Å². The van der Waals surface area contributed by atoms with Crippen LogP contribution in [0.4, 0.5) is 0 Å². The van der Waals surface area contributed by atoms with Crippen molar-refractivity contribution in [3.05, 3.63) is 11.6 Å². The molecule has 1 atom stereocenters. The van der Waals surface area contributed by atoms with Crippen molar-refractivity contribution in [1.29, 1.82) is 0 Å². The van der Waals surface area contributed by atoms with E-state index in [1.54, 1.807) is 6.92 Å². The van der Waals surface area contributed by atoms with Gasteiger partial charge in [-0.3, -0.25) is 9.89 Å². The number of nitrogens with zero attached hydrogens (tertiary/aromatic N) is 3. The summed E-state index contributed by atoms with van der Waals surface area (Å²) in [6.07, 6.45) is 4.63. The molecule has 0 radical (unpaired) electrons. The molecule has 0 bridgehead atoms. The smallest absolute Gasteiger partial charge is 0.293 e. The molecule has 1 amide bonds. The van der Waals surface area contributed by atoms with Gasteiger partial charge < -0.3 is 4.90 Å². The lowest BCUT2D eigenvalue weighted by Gasteiger charge is -2.18. The van der Waals surface area contributed by atoms with E-state index in [4.69, 9.17) is 0 Å². The van der Waals surface area contributed by atoms with Crippen LogP contribution in [0.1, 0.15) is 49.1 Å². The summed E-state index contributed by atoms with van der Waals surface area (Å²) >= 11 is 0. The first-order valence-corrected chi connectivity index (χ1v) is 6.39. The van der Waals surface area contributed by atoms with Gasteiger partial charge in [0.15, 0.2) is 0 Å². The Morgan fingerprint density at radius 3 is 2.94 bits per heavy atom. The second-order valence-electron chi connectivity index (χ2n) is 4.74. The molecule has 17 heavy (non-hydrogen) atoms. The third-order valence-electron chi connectivity index (χ3n) is 3.50. The number of rotatable bonds is 2. The van der Waals surface area contributed by atoms with E-state index in [0.29, 0.717) is 11.6 Å². The average Bonchev–Trinajstić information content (AvgIpc) is 2.64. The number of hydrogen-bond donors (Lipinski definition) is 1. The molecule has 0 aromatic carbocycles. The van der Waals surface area contributed by atoms with E-state index in [9.17, 15) is 4.79 Å². The maximum atomic E-state index is 12.1. The number of hydrogen-bond acceptors (Lipinski definition) is 3. The topological polar surface area (TPSA) is 61.9 Å². The number of carbonyl (C=O) groups is 1. The number of carbonyl (C=O) groups excluding carboxylic acids is 1. The zero-order chi connectivity index (χ0) is 12.3. The zero-order valence-corrected chi connectivity index (χ0v) is 10.6. The Morgan fingerprint density at radius 2 is 2.29 bits per heavy atom. The Kier molecular flexibility index (Phi) is 3.76. The maximum absolute atomic E-state index is 12.1. The molecule has 94 valence electrons. The first kappa shape index (κ1) is 12.1. The Hall–Kier alpha value is -1.39. The van der Waals surface area contributed by atoms with Crippen LogP contribution >= 0.6 is 0 Å². The molecule has 1 aromatic rings. The summed E-state index contributed by atoms with van der Waals surface area (Å²) in [5.41, 5.74) is 0. The highest BCUT2D eigenvalue weighted by molar-refractivity contribution is 5.90. The summed E-state index contributed by atoms with van der Waals surface area (Å²) in [5.74, 6) is 1.72. The Morgan fingerprint density at radius 1 is 1.47 bits per heavy atom. The molecule has 1 fully saturated rings. The van der Waals surface area contributed by atoms with E-state index in [2.05, 4.69) is 22.1 Å². The van der Waals surface area contributed by atoms with Crippen LogP contribution in [0.2, 0.25) is 0 Å². The number of aromatic amines is 1. The number of nitrogens with one attached hydrogen (secondary N) is 1. The Balaban J connectivity index is 2.00. The fourth-order valence-corrected chi connectivity index (χ4v) is 2.36. The molecule has 1 aliphatic rings. The Labute approximate surface area is 102 Å². The van der Waals surface area contributed by atoms with Gasteiger partial charge in [0.1, 0.15) is 5.82 Å². The molecule has 0 aliphatic carbocycles. The molecule has 1 saturated heterocycles. The summed E-state index contributed by atoms with van der Waals surface area (Å²) in [7, 11) is 0. The van der Waals surface area contributed by atoms with Gasteiger partial charge >= 0.3 is 0 Å². The van der Waals surface area contributed by atoms with Gasteiger partial charge in [-0.1, -0.05) is 13.3 Å². The number of amides is 1. The largest absolute Gasteiger partial charge is 0.336 e. The number of aromatic nitrogens is 3. The van der Waals surface area contributed by atoms with Crippen molar-refractivity contribution < 1.29 is 4.79 Å². The third-order valence-corrected chi connectivity index (χ3v) is 3.50. The van der Waals surface area contributed by atoms with Gasteiger partial charge in [-0.25, -0.2) is 4.98 Å². The molecule has 0 saturated carbocycles. The molecule has 2 heterocycles. The van der Waals surface area contributed by atoms with Crippen molar-refractivity contribution in [2.45, 2.75) is 39.5 Å². The lowest BCUT2D eigenvalue weighted by molar-refractivity contribution is 0.0748. The second kappa shape index (κ2) is 5.29.